The first kappa shape index (κ1) is 22.1. The maximum atomic E-state index is 12.7. The van der Waals surface area contributed by atoms with E-state index >= 15 is 0 Å². The molecule has 7 rings (SSSR count). The summed E-state index contributed by atoms with van der Waals surface area (Å²) in [5.74, 6) is 2.09. The molecule has 0 radical (unpaired) electrons. The minimum atomic E-state index is -3.25. The number of likely N-dealkylation sites (tertiary alicyclic amines) is 1. The van der Waals surface area contributed by atoms with Gasteiger partial charge in [-0.15, -0.1) is 11.3 Å². The van der Waals surface area contributed by atoms with Crippen LogP contribution in [0.15, 0.2) is 53.7 Å². The third-order valence-corrected chi connectivity index (χ3v) is 10.6. The Bertz CT molecular complexity index is 1580. The number of hydrogen-bond acceptors (Lipinski definition) is 10. The largest absolute Gasteiger partial charge is 0.335 e. The number of sulfone groups is 1. The van der Waals surface area contributed by atoms with Crippen LogP contribution in [0.1, 0.15) is 19.3 Å². The normalized spacial score (nSPS) is 22.0. The lowest BCUT2D eigenvalue weighted by Crippen LogP contribution is -2.45. The molecule has 0 amide bonds. The van der Waals surface area contributed by atoms with Crippen molar-refractivity contribution in [3.8, 4) is 10.6 Å². The highest BCUT2D eigenvalue weighted by molar-refractivity contribution is 7.92. The van der Waals surface area contributed by atoms with Crippen molar-refractivity contribution >= 4 is 49.0 Å². The number of hydrogen-bond donors (Lipinski definition) is 1. The van der Waals surface area contributed by atoms with E-state index in [1.807, 2.05) is 18.2 Å². The molecule has 1 N–H and O–H groups in total. The second-order valence-corrected chi connectivity index (χ2v) is 13.1. The maximum Gasteiger partial charge on any atom is 0.227 e. The predicted molar refractivity (Wildman–Crippen MR) is 141 cm³/mol. The van der Waals surface area contributed by atoms with Crippen LogP contribution in [0.4, 0.5) is 17.6 Å². The summed E-state index contributed by atoms with van der Waals surface area (Å²) in [4.78, 5) is 23.7. The quantitative estimate of drug-likeness (QED) is 0.408. The highest BCUT2D eigenvalue weighted by Crippen LogP contribution is 2.37. The molecule has 2 bridgehead atoms. The molecule has 0 unspecified atom stereocenters. The minimum absolute atomic E-state index is 0.231. The first-order chi connectivity index (χ1) is 17.4. The van der Waals surface area contributed by atoms with Crippen LogP contribution < -0.4 is 10.2 Å². The molecule has 1 aliphatic carbocycles. The van der Waals surface area contributed by atoms with Crippen LogP contribution in [-0.2, 0) is 9.84 Å². The zero-order valence-electron chi connectivity index (χ0n) is 19.7. The summed E-state index contributed by atoms with van der Waals surface area (Å²) in [5, 5.41) is 3.84. The van der Waals surface area contributed by atoms with Gasteiger partial charge in [0.05, 0.1) is 20.4 Å². The van der Waals surface area contributed by atoms with Crippen LogP contribution in [0.25, 0.3) is 20.8 Å². The summed E-state index contributed by atoms with van der Waals surface area (Å²) in [6, 6.07) is 11.9. The number of rotatable bonds is 6. The third-order valence-electron chi connectivity index (χ3n) is 7.32. The van der Waals surface area contributed by atoms with Gasteiger partial charge in [0.25, 0.3) is 0 Å². The Morgan fingerprint density at radius 3 is 2.69 bits per heavy atom. The predicted octanol–water partition coefficient (Wildman–Crippen LogP) is 3.72. The third kappa shape index (κ3) is 3.82. The van der Waals surface area contributed by atoms with Crippen LogP contribution >= 0.6 is 11.3 Å². The van der Waals surface area contributed by atoms with Crippen molar-refractivity contribution in [2.24, 2.45) is 0 Å². The Balaban J connectivity index is 1.13. The lowest BCUT2D eigenvalue weighted by Gasteiger charge is -2.31. The van der Waals surface area contributed by atoms with E-state index in [2.05, 4.69) is 32.1 Å². The monoisotopic (exact) mass is 519 g/mol. The molecule has 2 atom stereocenters. The molecule has 4 aromatic rings. The second-order valence-electron chi connectivity index (χ2n) is 9.83. The summed E-state index contributed by atoms with van der Waals surface area (Å²) in [5.41, 5.74) is 1.61. The number of anilines is 3. The van der Waals surface area contributed by atoms with Gasteiger partial charge in [-0.2, -0.15) is 4.98 Å². The van der Waals surface area contributed by atoms with Gasteiger partial charge in [-0.1, -0.05) is 12.1 Å². The van der Waals surface area contributed by atoms with Gasteiger partial charge in [0.2, 0.25) is 5.95 Å². The van der Waals surface area contributed by atoms with Crippen molar-refractivity contribution in [3.05, 3.63) is 48.8 Å². The van der Waals surface area contributed by atoms with Gasteiger partial charge in [0.1, 0.15) is 16.6 Å². The van der Waals surface area contributed by atoms with E-state index in [0.29, 0.717) is 28.6 Å². The van der Waals surface area contributed by atoms with E-state index in [0.717, 1.165) is 59.1 Å². The van der Waals surface area contributed by atoms with Crippen molar-refractivity contribution in [3.63, 3.8) is 0 Å². The highest BCUT2D eigenvalue weighted by Gasteiger charge is 2.42. The number of nitrogens with zero attached hydrogens (tertiary/aromatic N) is 6. The topological polar surface area (TPSA) is 104 Å². The number of aromatic nitrogens is 4. The van der Waals surface area contributed by atoms with Crippen LogP contribution in [0.2, 0.25) is 0 Å². The molecule has 1 saturated carbocycles. The first-order valence-corrected chi connectivity index (χ1v) is 14.5. The Hall–Kier alpha value is -3.15. The molecule has 3 fully saturated rings. The van der Waals surface area contributed by atoms with Gasteiger partial charge in [-0.3, -0.25) is 4.90 Å². The van der Waals surface area contributed by atoms with E-state index < -0.39 is 9.84 Å². The fourth-order valence-electron chi connectivity index (χ4n) is 5.20. The number of pyridine rings is 1. The average Bonchev–Trinajstić information content (AvgIpc) is 3.40. The molecular formula is C25H25N7O2S2. The summed E-state index contributed by atoms with van der Waals surface area (Å²) < 4.78 is 26.3. The smallest absolute Gasteiger partial charge is 0.227 e. The summed E-state index contributed by atoms with van der Waals surface area (Å²) in [7, 11) is -1.07. The molecule has 11 heteroatoms. The maximum absolute atomic E-state index is 12.7. The van der Waals surface area contributed by atoms with Gasteiger partial charge in [0.15, 0.2) is 9.84 Å². The van der Waals surface area contributed by atoms with E-state index in [1.165, 1.54) is 11.3 Å². The lowest BCUT2D eigenvalue weighted by atomic mass is 10.2. The molecule has 3 aliphatic rings. The molecule has 2 aliphatic heterocycles. The van der Waals surface area contributed by atoms with Crippen molar-refractivity contribution in [1.29, 1.82) is 0 Å². The molecule has 1 aromatic carbocycles. The Morgan fingerprint density at radius 1 is 1.03 bits per heavy atom. The zero-order valence-corrected chi connectivity index (χ0v) is 21.3. The molecular weight excluding hydrogens is 494 g/mol. The number of nitrogens with one attached hydrogen (secondary N) is 1. The van der Waals surface area contributed by atoms with Gasteiger partial charge >= 0.3 is 0 Å². The Labute approximate surface area is 213 Å². The Kier molecular flexibility index (Phi) is 5.02. The van der Waals surface area contributed by atoms with Crippen molar-refractivity contribution < 1.29 is 8.42 Å². The summed E-state index contributed by atoms with van der Waals surface area (Å²) in [6.45, 7) is 2.01. The van der Waals surface area contributed by atoms with Crippen molar-refractivity contribution in [2.75, 3.05) is 30.4 Å². The molecule has 0 spiro atoms. The number of likely N-dealkylation sites (N-methyl/N-ethyl adjacent to an activating group) is 1. The SMILES string of the molecule is CN1C[C@@H]2C[C@H]1CN2c1nccc(Nc2cc3nc(-c4cccc(S(=O)(=O)C5CC5)c4)sc3cn2)n1. The molecule has 3 aromatic heterocycles. The summed E-state index contributed by atoms with van der Waals surface area (Å²) >= 11 is 1.50. The van der Waals surface area contributed by atoms with E-state index in [1.54, 1.807) is 30.6 Å². The minimum Gasteiger partial charge on any atom is -0.335 e. The van der Waals surface area contributed by atoms with E-state index in [4.69, 9.17) is 9.97 Å². The molecule has 36 heavy (non-hydrogen) atoms. The van der Waals surface area contributed by atoms with Crippen LogP contribution in [0, 0.1) is 0 Å². The number of thiazole rings is 1. The van der Waals surface area contributed by atoms with Gasteiger partial charge in [0, 0.05) is 49.2 Å². The zero-order chi connectivity index (χ0) is 24.4. The number of fused-ring (bicyclic) bond motifs is 3. The van der Waals surface area contributed by atoms with Crippen LogP contribution in [0.3, 0.4) is 0 Å². The first-order valence-electron chi connectivity index (χ1n) is 12.1. The lowest BCUT2D eigenvalue weighted by molar-refractivity contribution is 0.291. The molecule has 5 heterocycles. The average molecular weight is 520 g/mol. The van der Waals surface area contributed by atoms with Gasteiger partial charge in [-0.25, -0.2) is 23.4 Å². The van der Waals surface area contributed by atoms with Crippen molar-refractivity contribution in [1.82, 2.24) is 24.8 Å². The fourth-order valence-corrected chi connectivity index (χ4v) is 7.81. The standard InChI is InChI=1S/C25H25N7O2S2/c1-31-13-17-10-16(31)14-32(17)25-26-8-7-22(30-25)29-23-11-20-21(12-27-23)35-24(28-20)15-3-2-4-19(9-15)36(33,34)18-5-6-18/h2-4,7-9,11-12,16-18H,5-6,10,13-14H2,1H3,(H,26,27,29,30)/t16-,17-/m0/s1. The van der Waals surface area contributed by atoms with Gasteiger partial charge < -0.3 is 10.2 Å². The Morgan fingerprint density at radius 2 is 1.92 bits per heavy atom. The highest BCUT2D eigenvalue weighted by atomic mass is 32.2. The van der Waals surface area contributed by atoms with Crippen molar-refractivity contribution in [2.45, 2.75) is 41.5 Å². The fraction of sp³-hybridized carbons (Fsp3) is 0.360. The summed E-state index contributed by atoms with van der Waals surface area (Å²) in [6.07, 6.45) is 6.24. The number of piperazine rings is 1. The molecule has 184 valence electrons. The van der Waals surface area contributed by atoms with Crippen LogP contribution in [-0.4, -0.2) is 70.7 Å². The van der Waals surface area contributed by atoms with Crippen LogP contribution in [0.5, 0.6) is 0 Å². The van der Waals surface area contributed by atoms with Gasteiger partial charge in [-0.05, 0) is 44.5 Å². The second kappa shape index (κ2) is 8.19. The number of benzene rings is 1. The molecule has 2 saturated heterocycles. The molecule has 9 nitrogen and oxygen atoms in total. The van der Waals surface area contributed by atoms with E-state index in [9.17, 15) is 8.42 Å². The van der Waals surface area contributed by atoms with E-state index in [-0.39, 0.29) is 5.25 Å².